The third kappa shape index (κ3) is 5.41. The van der Waals surface area contributed by atoms with Crippen LogP contribution in [0.2, 0.25) is 0 Å². The van der Waals surface area contributed by atoms with Crippen molar-refractivity contribution in [1.82, 2.24) is 5.32 Å². The summed E-state index contributed by atoms with van der Waals surface area (Å²) >= 11 is 0. The van der Waals surface area contributed by atoms with Crippen molar-refractivity contribution in [2.24, 2.45) is 0 Å². The highest BCUT2D eigenvalue weighted by Gasteiger charge is 2.40. The molecule has 11 heteroatoms. The van der Waals surface area contributed by atoms with E-state index in [1.165, 1.54) is 5.32 Å². The lowest BCUT2D eigenvalue weighted by Gasteiger charge is -2.16. The molecule has 0 aliphatic carbocycles. The summed E-state index contributed by atoms with van der Waals surface area (Å²) in [5.41, 5.74) is -1.85. The van der Waals surface area contributed by atoms with E-state index < -0.39 is 45.0 Å². The number of rotatable bonds is 5. The third-order valence-corrected chi connectivity index (χ3v) is 4.79. The monoisotopic (exact) mass is 431 g/mol. The number of carbonyl (C=O) groups excluding carboxylic acids is 1. The van der Waals surface area contributed by atoms with Crippen LogP contribution in [-0.4, -0.2) is 37.8 Å². The fourth-order valence-electron chi connectivity index (χ4n) is 2.32. The molecule has 0 aliphatic rings. The van der Waals surface area contributed by atoms with E-state index in [-0.39, 0.29) is 16.0 Å². The first-order valence-corrected chi connectivity index (χ1v) is 9.62. The Balaban J connectivity index is 2.73. The Hall–Kier alpha value is -3.21. The van der Waals surface area contributed by atoms with E-state index in [1.54, 1.807) is 0 Å². The maximum Gasteiger partial charge on any atom is 0.471 e. The second kappa shape index (κ2) is 8.03. The van der Waals surface area contributed by atoms with E-state index in [0.717, 1.165) is 54.8 Å². The Bertz CT molecular complexity index is 1070. The average Bonchev–Trinajstić information content (AvgIpc) is 2.61. The maximum absolute atomic E-state index is 13.2. The number of carboxylic acids is 1. The second-order valence-corrected chi connectivity index (χ2v) is 7.83. The number of carboxylic acid groups (broad SMARTS) is 1. The van der Waals surface area contributed by atoms with Crippen LogP contribution in [-0.2, 0) is 19.4 Å². The van der Waals surface area contributed by atoms with Gasteiger partial charge in [0.25, 0.3) is 0 Å². The summed E-state index contributed by atoms with van der Waals surface area (Å²) in [5.74, 6) is -4.83. The Morgan fingerprint density at radius 1 is 0.931 bits per heavy atom. The van der Waals surface area contributed by atoms with Crippen molar-refractivity contribution in [3.63, 3.8) is 0 Å². The molecule has 0 saturated heterocycles. The lowest BCUT2D eigenvalue weighted by atomic mass is 9.99. The minimum Gasteiger partial charge on any atom is -0.478 e. The van der Waals surface area contributed by atoms with E-state index >= 15 is 0 Å². The van der Waals surface area contributed by atoms with Crippen molar-refractivity contribution in [2.75, 3.05) is 6.26 Å². The molecule has 0 heterocycles. The highest BCUT2D eigenvalue weighted by Crippen LogP contribution is 2.28. The number of hydrogen-bond acceptors (Lipinski definition) is 4. The van der Waals surface area contributed by atoms with Crippen molar-refractivity contribution in [2.45, 2.75) is 11.1 Å². The van der Waals surface area contributed by atoms with Gasteiger partial charge in [0.05, 0.1) is 16.2 Å². The number of benzene rings is 2. The summed E-state index contributed by atoms with van der Waals surface area (Å²) in [6.07, 6.45) is -4.41. The molecular formula is C18H13F4NO5S. The van der Waals surface area contributed by atoms with Gasteiger partial charge in [-0.15, -0.1) is 0 Å². The molecule has 6 nitrogen and oxygen atoms in total. The molecule has 0 saturated carbocycles. The van der Waals surface area contributed by atoms with Crippen LogP contribution in [0.15, 0.2) is 53.4 Å². The van der Waals surface area contributed by atoms with E-state index in [1.807, 2.05) is 0 Å². The molecule has 0 unspecified atom stereocenters. The highest BCUT2D eigenvalue weighted by atomic mass is 32.2. The number of nitrogens with one attached hydrogen (secondary N) is 1. The zero-order chi connectivity index (χ0) is 22.0. The number of carbonyl (C=O) groups is 2. The summed E-state index contributed by atoms with van der Waals surface area (Å²) < 4.78 is 74.5. The first-order valence-electron chi connectivity index (χ1n) is 7.73. The molecule has 1 amide bonds. The smallest absolute Gasteiger partial charge is 0.471 e. The molecule has 0 radical (unpaired) electrons. The summed E-state index contributed by atoms with van der Waals surface area (Å²) in [5, 5.41) is 11.1. The van der Waals surface area contributed by atoms with Crippen LogP contribution >= 0.6 is 0 Å². The van der Waals surface area contributed by atoms with Crippen LogP contribution in [0, 0.1) is 5.82 Å². The summed E-state index contributed by atoms with van der Waals surface area (Å²) in [6, 6.07) is 8.03. The Morgan fingerprint density at radius 3 is 1.83 bits per heavy atom. The van der Waals surface area contributed by atoms with Gasteiger partial charge in [-0.3, -0.25) is 4.79 Å². The number of aliphatic carboxylic acids is 1. The normalized spacial score (nSPS) is 12.9. The molecule has 0 bridgehead atoms. The van der Waals surface area contributed by atoms with Gasteiger partial charge < -0.3 is 10.4 Å². The minimum atomic E-state index is -5.32. The van der Waals surface area contributed by atoms with Crippen molar-refractivity contribution in [1.29, 1.82) is 0 Å². The first kappa shape index (κ1) is 22.1. The van der Waals surface area contributed by atoms with Gasteiger partial charge >= 0.3 is 18.1 Å². The third-order valence-electron chi connectivity index (χ3n) is 3.66. The van der Waals surface area contributed by atoms with Gasteiger partial charge in [-0.1, -0.05) is 24.3 Å². The van der Waals surface area contributed by atoms with Crippen LogP contribution < -0.4 is 5.32 Å². The largest absolute Gasteiger partial charge is 0.478 e. The molecule has 2 rings (SSSR count). The Morgan fingerprint density at radius 2 is 1.41 bits per heavy atom. The van der Waals surface area contributed by atoms with Crippen molar-refractivity contribution in [3.8, 4) is 0 Å². The number of amides is 1. The molecule has 0 aromatic heterocycles. The molecular weight excluding hydrogens is 418 g/mol. The maximum atomic E-state index is 13.2. The molecule has 0 aliphatic heterocycles. The van der Waals surface area contributed by atoms with Crippen molar-refractivity contribution >= 4 is 33.0 Å². The predicted octanol–water partition coefficient (Wildman–Crippen LogP) is 2.86. The lowest BCUT2D eigenvalue weighted by molar-refractivity contribution is -0.172. The minimum absolute atomic E-state index is 0.165. The quantitative estimate of drug-likeness (QED) is 0.431. The SMILES string of the molecule is CS(=O)(=O)c1ccc(/C(NC(=O)C(F)(F)F)=C(/C(=O)O)c2ccc(F)cc2)cc1. The van der Waals surface area contributed by atoms with Crippen LogP contribution in [0.3, 0.4) is 0 Å². The van der Waals surface area contributed by atoms with Gasteiger partial charge in [-0.25, -0.2) is 17.6 Å². The fourth-order valence-corrected chi connectivity index (χ4v) is 2.95. The zero-order valence-electron chi connectivity index (χ0n) is 14.6. The van der Waals surface area contributed by atoms with Crippen LogP contribution in [0.25, 0.3) is 11.3 Å². The number of sulfone groups is 1. The number of halogens is 4. The highest BCUT2D eigenvalue weighted by molar-refractivity contribution is 7.90. The van der Waals surface area contributed by atoms with E-state index in [9.17, 15) is 40.7 Å². The molecule has 0 fully saturated rings. The van der Waals surface area contributed by atoms with Gasteiger partial charge in [0.1, 0.15) is 5.82 Å². The van der Waals surface area contributed by atoms with E-state index in [0.29, 0.717) is 0 Å². The Labute approximate surface area is 162 Å². The molecule has 2 aromatic carbocycles. The molecule has 29 heavy (non-hydrogen) atoms. The standard InChI is InChI=1S/C18H13F4NO5S/c1-29(27,28)13-8-4-11(5-9-13)15(23-17(26)18(20,21)22)14(16(24)25)10-2-6-12(19)7-3-10/h2-9H,1H3,(H,23,26)(H,24,25)/b15-14-. The van der Waals surface area contributed by atoms with Gasteiger partial charge in [0, 0.05) is 6.26 Å². The number of hydrogen-bond donors (Lipinski definition) is 2. The van der Waals surface area contributed by atoms with Crippen LogP contribution in [0.1, 0.15) is 11.1 Å². The Kier molecular flexibility index (Phi) is 6.12. The molecule has 2 N–H and O–H groups in total. The second-order valence-electron chi connectivity index (χ2n) is 5.81. The van der Waals surface area contributed by atoms with E-state index in [4.69, 9.17) is 0 Å². The molecule has 0 spiro atoms. The molecule has 2 aromatic rings. The van der Waals surface area contributed by atoms with Gasteiger partial charge in [0.2, 0.25) is 0 Å². The zero-order valence-corrected chi connectivity index (χ0v) is 15.4. The molecule has 154 valence electrons. The fraction of sp³-hybridized carbons (Fsp3) is 0.111. The average molecular weight is 431 g/mol. The van der Waals surface area contributed by atoms with Crippen molar-refractivity contribution < 1.29 is 40.7 Å². The van der Waals surface area contributed by atoms with Gasteiger partial charge in [-0.05, 0) is 35.4 Å². The van der Waals surface area contributed by atoms with Crippen molar-refractivity contribution in [3.05, 3.63) is 65.5 Å². The first-order chi connectivity index (χ1) is 13.3. The summed E-state index contributed by atoms with van der Waals surface area (Å²) in [4.78, 5) is 23.1. The number of alkyl halides is 3. The predicted molar refractivity (Wildman–Crippen MR) is 94.6 cm³/mol. The summed E-state index contributed by atoms with van der Waals surface area (Å²) in [6.45, 7) is 0. The molecule has 0 atom stereocenters. The van der Waals surface area contributed by atoms with Gasteiger partial charge in [0.15, 0.2) is 9.84 Å². The topological polar surface area (TPSA) is 101 Å². The summed E-state index contributed by atoms with van der Waals surface area (Å²) in [7, 11) is -3.63. The lowest BCUT2D eigenvalue weighted by Crippen LogP contribution is -2.36. The van der Waals surface area contributed by atoms with Crippen LogP contribution in [0.5, 0.6) is 0 Å². The van der Waals surface area contributed by atoms with E-state index in [2.05, 4.69) is 0 Å². The van der Waals surface area contributed by atoms with Gasteiger partial charge in [-0.2, -0.15) is 13.2 Å². The van der Waals surface area contributed by atoms with Crippen LogP contribution in [0.4, 0.5) is 17.6 Å².